The first kappa shape index (κ1) is 18.2. The third-order valence-corrected chi connectivity index (χ3v) is 3.24. The van der Waals surface area contributed by atoms with E-state index in [2.05, 4.69) is 10.6 Å². The van der Waals surface area contributed by atoms with Crippen molar-refractivity contribution in [3.63, 3.8) is 0 Å². The lowest BCUT2D eigenvalue weighted by Gasteiger charge is -2.22. The Morgan fingerprint density at radius 2 is 1.73 bits per heavy atom. The summed E-state index contributed by atoms with van der Waals surface area (Å²) >= 11 is 0. The van der Waals surface area contributed by atoms with Gasteiger partial charge in [0.05, 0.1) is 0 Å². The normalized spacial score (nSPS) is 13.5. The molecule has 22 heavy (non-hydrogen) atoms. The molecule has 1 aromatic carbocycles. The van der Waals surface area contributed by atoms with E-state index in [4.69, 9.17) is 5.11 Å². The van der Waals surface area contributed by atoms with Crippen LogP contribution in [0.4, 0.5) is 0 Å². The van der Waals surface area contributed by atoms with E-state index in [0.29, 0.717) is 12.8 Å². The van der Waals surface area contributed by atoms with Crippen molar-refractivity contribution in [3.05, 3.63) is 35.9 Å². The molecule has 2 amide bonds. The molecule has 0 radical (unpaired) electrons. The number of nitrogens with one attached hydrogen (secondary N) is 2. The van der Waals surface area contributed by atoms with E-state index < -0.39 is 6.04 Å². The molecule has 5 heteroatoms. The van der Waals surface area contributed by atoms with E-state index in [-0.39, 0.29) is 30.4 Å². The molecule has 1 unspecified atom stereocenters. The summed E-state index contributed by atoms with van der Waals surface area (Å²) in [6.07, 6.45) is 0.857. The van der Waals surface area contributed by atoms with Crippen LogP contribution in [-0.4, -0.2) is 29.6 Å². The first-order chi connectivity index (χ1) is 10.4. The topological polar surface area (TPSA) is 78.4 Å². The zero-order valence-corrected chi connectivity index (χ0v) is 13.5. The largest absolute Gasteiger partial charge is 0.396 e. The van der Waals surface area contributed by atoms with Crippen LogP contribution >= 0.6 is 0 Å². The molecule has 2 atom stereocenters. The van der Waals surface area contributed by atoms with Gasteiger partial charge >= 0.3 is 0 Å². The zero-order chi connectivity index (χ0) is 16.5. The van der Waals surface area contributed by atoms with Crippen molar-refractivity contribution in [2.75, 3.05) is 6.61 Å². The van der Waals surface area contributed by atoms with Gasteiger partial charge in [-0.05, 0) is 24.8 Å². The molecule has 0 saturated carbocycles. The Kier molecular flexibility index (Phi) is 7.60. The molecule has 0 saturated heterocycles. The van der Waals surface area contributed by atoms with Crippen LogP contribution in [0.2, 0.25) is 0 Å². The molecule has 1 rings (SSSR count). The molecular weight excluding hydrogens is 280 g/mol. The maximum Gasteiger partial charge on any atom is 0.247 e. The molecule has 5 nitrogen and oxygen atoms in total. The Hall–Kier alpha value is -1.88. The number of hydrogen-bond acceptors (Lipinski definition) is 3. The lowest BCUT2D eigenvalue weighted by Crippen LogP contribution is -2.44. The number of carbonyl (C=O) groups excluding carboxylic acids is 2. The maximum absolute atomic E-state index is 12.4. The van der Waals surface area contributed by atoms with E-state index in [9.17, 15) is 9.59 Å². The fourth-order valence-electron chi connectivity index (χ4n) is 2.13. The highest BCUT2D eigenvalue weighted by molar-refractivity contribution is 5.88. The highest BCUT2D eigenvalue weighted by Crippen LogP contribution is 2.14. The average Bonchev–Trinajstić information content (AvgIpc) is 2.45. The maximum atomic E-state index is 12.4. The lowest BCUT2D eigenvalue weighted by molar-refractivity contribution is -0.130. The molecular formula is C17H26N2O3. The van der Waals surface area contributed by atoms with Gasteiger partial charge in [0, 0.05) is 19.1 Å². The number of rotatable bonds is 8. The summed E-state index contributed by atoms with van der Waals surface area (Å²) in [7, 11) is 0. The van der Waals surface area contributed by atoms with E-state index in [1.54, 1.807) is 0 Å². The Balaban J connectivity index is 2.82. The van der Waals surface area contributed by atoms with Crippen LogP contribution in [0.15, 0.2) is 30.3 Å². The van der Waals surface area contributed by atoms with Crippen molar-refractivity contribution >= 4 is 11.8 Å². The fourth-order valence-corrected chi connectivity index (χ4v) is 2.13. The van der Waals surface area contributed by atoms with Gasteiger partial charge in [0.15, 0.2) is 0 Å². The number of aliphatic hydroxyl groups excluding tert-OH is 1. The van der Waals surface area contributed by atoms with Crippen LogP contribution in [0.3, 0.4) is 0 Å². The minimum absolute atomic E-state index is 0.0111. The summed E-state index contributed by atoms with van der Waals surface area (Å²) in [5, 5.41) is 14.6. The van der Waals surface area contributed by atoms with Crippen molar-refractivity contribution in [3.8, 4) is 0 Å². The molecule has 0 aliphatic rings. The van der Waals surface area contributed by atoms with Gasteiger partial charge in [-0.2, -0.15) is 0 Å². The van der Waals surface area contributed by atoms with Crippen molar-refractivity contribution in [2.24, 2.45) is 5.92 Å². The molecule has 0 spiro atoms. The third-order valence-electron chi connectivity index (χ3n) is 3.24. The van der Waals surface area contributed by atoms with E-state index in [1.807, 2.05) is 51.1 Å². The van der Waals surface area contributed by atoms with Crippen molar-refractivity contribution < 1.29 is 14.7 Å². The highest BCUT2D eigenvalue weighted by Gasteiger charge is 2.23. The molecule has 122 valence electrons. The van der Waals surface area contributed by atoms with Gasteiger partial charge in [0.1, 0.15) is 6.04 Å². The SMILES string of the molecule is CC(C)CC(=O)NC(C(=O)N[C@H](C)CCO)c1ccccc1. The highest BCUT2D eigenvalue weighted by atomic mass is 16.3. The van der Waals surface area contributed by atoms with Crippen molar-refractivity contribution in [2.45, 2.75) is 45.7 Å². The minimum atomic E-state index is -0.714. The molecule has 0 aliphatic carbocycles. The predicted octanol–water partition coefficient (Wildman–Crippen LogP) is 1.78. The number of hydrogen-bond donors (Lipinski definition) is 3. The molecule has 0 fully saturated rings. The van der Waals surface area contributed by atoms with Crippen molar-refractivity contribution in [1.82, 2.24) is 10.6 Å². The van der Waals surface area contributed by atoms with Crippen LogP contribution in [0.25, 0.3) is 0 Å². The summed E-state index contributed by atoms with van der Waals surface area (Å²) in [4.78, 5) is 24.5. The Bertz CT molecular complexity index is 474. The molecule has 0 aliphatic heterocycles. The Morgan fingerprint density at radius 1 is 1.09 bits per heavy atom. The second kappa shape index (κ2) is 9.20. The average molecular weight is 306 g/mol. The number of benzene rings is 1. The smallest absolute Gasteiger partial charge is 0.247 e. The lowest BCUT2D eigenvalue weighted by atomic mass is 10.0. The number of carbonyl (C=O) groups is 2. The van der Waals surface area contributed by atoms with Gasteiger partial charge in [-0.1, -0.05) is 44.2 Å². The second-order valence-electron chi connectivity index (χ2n) is 5.93. The van der Waals surface area contributed by atoms with E-state index in [1.165, 1.54) is 0 Å². The quantitative estimate of drug-likeness (QED) is 0.685. The third kappa shape index (κ3) is 6.26. The molecule has 3 N–H and O–H groups in total. The number of aliphatic hydroxyl groups is 1. The molecule has 0 heterocycles. The van der Waals surface area contributed by atoms with Crippen LogP contribution in [-0.2, 0) is 9.59 Å². The van der Waals surface area contributed by atoms with Gasteiger partial charge in [-0.15, -0.1) is 0 Å². The van der Waals surface area contributed by atoms with Gasteiger partial charge < -0.3 is 15.7 Å². The zero-order valence-electron chi connectivity index (χ0n) is 13.5. The fraction of sp³-hybridized carbons (Fsp3) is 0.529. The van der Waals surface area contributed by atoms with Gasteiger partial charge in [0.2, 0.25) is 11.8 Å². The van der Waals surface area contributed by atoms with E-state index >= 15 is 0 Å². The summed E-state index contributed by atoms with van der Waals surface area (Å²) in [5.74, 6) is -0.175. The molecule has 1 aromatic rings. The van der Waals surface area contributed by atoms with Crippen molar-refractivity contribution in [1.29, 1.82) is 0 Å². The minimum Gasteiger partial charge on any atom is -0.396 e. The van der Waals surface area contributed by atoms with Gasteiger partial charge in [-0.3, -0.25) is 9.59 Å². The van der Waals surface area contributed by atoms with Crippen LogP contribution in [0, 0.1) is 5.92 Å². The first-order valence-corrected chi connectivity index (χ1v) is 7.69. The Labute approximate surface area is 132 Å². The monoisotopic (exact) mass is 306 g/mol. The first-order valence-electron chi connectivity index (χ1n) is 7.69. The second-order valence-corrected chi connectivity index (χ2v) is 5.93. The predicted molar refractivity (Wildman–Crippen MR) is 86.1 cm³/mol. The summed E-state index contributed by atoms with van der Waals surface area (Å²) in [6, 6.07) is 8.30. The van der Waals surface area contributed by atoms with E-state index in [0.717, 1.165) is 5.56 Å². The summed E-state index contributed by atoms with van der Waals surface area (Å²) < 4.78 is 0. The van der Waals surface area contributed by atoms with Crippen LogP contribution in [0.5, 0.6) is 0 Å². The van der Waals surface area contributed by atoms with Gasteiger partial charge in [0.25, 0.3) is 0 Å². The van der Waals surface area contributed by atoms with Crippen LogP contribution in [0.1, 0.15) is 45.2 Å². The number of amides is 2. The Morgan fingerprint density at radius 3 is 2.27 bits per heavy atom. The van der Waals surface area contributed by atoms with Gasteiger partial charge in [-0.25, -0.2) is 0 Å². The summed E-state index contributed by atoms with van der Waals surface area (Å²) in [5.41, 5.74) is 0.744. The molecule has 0 bridgehead atoms. The van der Waals surface area contributed by atoms with Crippen LogP contribution < -0.4 is 10.6 Å². The summed E-state index contributed by atoms with van der Waals surface area (Å²) in [6.45, 7) is 5.75. The molecule has 0 aromatic heterocycles. The standard InChI is InChI=1S/C17H26N2O3/c1-12(2)11-15(21)19-16(14-7-5-4-6-8-14)17(22)18-13(3)9-10-20/h4-8,12-13,16,20H,9-11H2,1-3H3,(H,18,22)(H,19,21)/t13-,16?/m1/s1.